The van der Waals surface area contributed by atoms with Gasteiger partial charge < -0.3 is 23.7 Å². The van der Waals surface area contributed by atoms with Gasteiger partial charge in [-0.3, -0.25) is 0 Å². The molecule has 0 saturated heterocycles. The quantitative estimate of drug-likeness (QED) is 0.124. The fourth-order valence-corrected chi connectivity index (χ4v) is 7.94. The zero-order valence-corrected chi connectivity index (χ0v) is 33.9. The fourth-order valence-electron chi connectivity index (χ4n) is 7.94. The van der Waals surface area contributed by atoms with Crippen molar-refractivity contribution in [1.29, 1.82) is 0 Å². The van der Waals surface area contributed by atoms with Crippen LogP contribution >= 0.6 is 0 Å². The molecule has 9 aromatic rings. The molecular weight excluding hydrogens is 725 g/mol. The Labute approximate surface area is 346 Å². The van der Waals surface area contributed by atoms with Gasteiger partial charge in [0.2, 0.25) is 0 Å². The van der Waals surface area contributed by atoms with Gasteiger partial charge in [-0.25, -0.2) is 0 Å². The third-order valence-electron chi connectivity index (χ3n) is 11.2. The average Bonchev–Trinajstić information content (AvgIpc) is 3.67. The molecule has 0 aliphatic carbocycles. The Kier molecular flexibility index (Phi) is 10.3. The molecule has 8 aromatic carbocycles. The number of furan rings is 1. The van der Waals surface area contributed by atoms with E-state index in [1.807, 2.05) is 24.3 Å². The summed E-state index contributed by atoms with van der Waals surface area (Å²) in [7, 11) is 3.41. The Balaban J connectivity index is 1.14. The van der Waals surface area contributed by atoms with E-state index in [1.165, 1.54) is 22.3 Å². The highest BCUT2D eigenvalue weighted by atomic mass is 16.5. The number of hydrogen-bond acceptors (Lipinski definition) is 5. The minimum Gasteiger partial charge on any atom is -0.497 e. The minimum absolute atomic E-state index is 0.789. The first-order valence-corrected chi connectivity index (χ1v) is 20.3. The van der Waals surface area contributed by atoms with E-state index in [0.29, 0.717) is 0 Å². The molecule has 290 valence electrons. The fraction of sp³-hybridized carbons (Fsp3) is 0.111. The number of ether oxygens (including phenoxy) is 2. The molecule has 0 aliphatic heterocycles. The monoisotopic (exact) mass is 770 g/mol. The van der Waals surface area contributed by atoms with Gasteiger partial charge in [-0.1, -0.05) is 98.8 Å². The molecule has 0 spiro atoms. The predicted molar refractivity (Wildman–Crippen MR) is 246 cm³/mol. The molecule has 0 fully saturated rings. The second kappa shape index (κ2) is 16.3. The summed E-state index contributed by atoms with van der Waals surface area (Å²) in [6.45, 7) is 4.37. The van der Waals surface area contributed by atoms with E-state index < -0.39 is 0 Å². The summed E-state index contributed by atoms with van der Waals surface area (Å²) in [5.74, 6) is 1.58. The maximum Gasteiger partial charge on any atom is 0.137 e. The summed E-state index contributed by atoms with van der Waals surface area (Å²) >= 11 is 0. The Morgan fingerprint density at radius 1 is 0.373 bits per heavy atom. The van der Waals surface area contributed by atoms with Gasteiger partial charge in [-0.2, -0.15) is 0 Å². The number of anilines is 6. The van der Waals surface area contributed by atoms with Crippen LogP contribution in [0.25, 0.3) is 44.2 Å². The first kappa shape index (κ1) is 37.3. The molecule has 0 bridgehead atoms. The van der Waals surface area contributed by atoms with Crippen LogP contribution in [-0.4, -0.2) is 14.2 Å². The molecule has 0 aliphatic rings. The van der Waals surface area contributed by atoms with Gasteiger partial charge >= 0.3 is 0 Å². The topological polar surface area (TPSA) is 38.1 Å². The lowest BCUT2D eigenvalue weighted by molar-refractivity contribution is 0.415. The van der Waals surface area contributed by atoms with E-state index in [1.54, 1.807) is 14.2 Å². The van der Waals surface area contributed by atoms with Gasteiger partial charge in [0.05, 0.1) is 14.2 Å². The van der Waals surface area contributed by atoms with Crippen molar-refractivity contribution in [1.82, 2.24) is 0 Å². The Bertz CT molecular complexity index is 2700. The number of nitrogens with zero attached hydrogens (tertiary/aromatic N) is 2. The number of aryl methyl sites for hydroxylation is 2. The highest BCUT2D eigenvalue weighted by Gasteiger charge is 2.20. The average molecular weight is 771 g/mol. The summed E-state index contributed by atoms with van der Waals surface area (Å²) in [6.07, 6.45) is 2.02. The standard InChI is InChI=1S/C54H46N2O3/c1-5-37-19-23-39(24-20-37)41-11-7-13-43(31-41)55(45-15-9-17-49(33-45)57-3)47-27-29-51-52-30-28-48(36-54(52)59-53(51)35-47)56(46-16-10-18-50(34-46)58-4)44-14-8-12-42(32-44)40-25-21-38(6-2)22-26-40/h7-36H,5-6H2,1-4H3. The molecular formula is C54H46N2O3. The Morgan fingerprint density at radius 2 is 0.746 bits per heavy atom. The third kappa shape index (κ3) is 7.51. The lowest BCUT2D eigenvalue weighted by Gasteiger charge is -2.26. The van der Waals surface area contributed by atoms with E-state index in [2.05, 4.69) is 181 Å². The summed E-state index contributed by atoms with van der Waals surface area (Å²) in [5, 5.41) is 2.10. The van der Waals surface area contributed by atoms with Crippen molar-refractivity contribution in [2.24, 2.45) is 0 Å². The van der Waals surface area contributed by atoms with Crippen molar-refractivity contribution in [2.75, 3.05) is 24.0 Å². The van der Waals surface area contributed by atoms with E-state index >= 15 is 0 Å². The molecule has 9 rings (SSSR count). The number of methoxy groups -OCH3 is 2. The predicted octanol–water partition coefficient (Wildman–Crippen LogP) is 15.0. The highest BCUT2D eigenvalue weighted by molar-refractivity contribution is 6.07. The van der Waals surface area contributed by atoms with Crippen molar-refractivity contribution in [3.63, 3.8) is 0 Å². The molecule has 0 atom stereocenters. The van der Waals surface area contributed by atoms with Crippen molar-refractivity contribution in [2.45, 2.75) is 26.7 Å². The second-order valence-corrected chi connectivity index (χ2v) is 14.7. The van der Waals surface area contributed by atoms with Crippen molar-refractivity contribution >= 4 is 56.1 Å². The van der Waals surface area contributed by atoms with Crippen molar-refractivity contribution in [3.05, 3.63) is 193 Å². The van der Waals surface area contributed by atoms with Crippen LogP contribution < -0.4 is 19.3 Å². The van der Waals surface area contributed by atoms with Crippen molar-refractivity contribution in [3.8, 4) is 33.8 Å². The number of fused-ring (bicyclic) bond motifs is 3. The molecule has 0 unspecified atom stereocenters. The Morgan fingerprint density at radius 3 is 1.14 bits per heavy atom. The molecule has 0 amide bonds. The highest BCUT2D eigenvalue weighted by Crippen LogP contribution is 2.43. The van der Waals surface area contributed by atoms with Crippen LogP contribution in [0.5, 0.6) is 11.5 Å². The molecule has 59 heavy (non-hydrogen) atoms. The summed E-state index contributed by atoms with van der Waals surface area (Å²) in [5.41, 5.74) is 14.9. The largest absolute Gasteiger partial charge is 0.497 e. The van der Waals surface area contributed by atoms with E-state index in [9.17, 15) is 0 Å². The Hall–Kier alpha value is -7.24. The van der Waals surface area contributed by atoms with Gasteiger partial charge in [0, 0.05) is 69.2 Å². The second-order valence-electron chi connectivity index (χ2n) is 14.7. The lowest BCUT2D eigenvalue weighted by Crippen LogP contribution is -2.10. The van der Waals surface area contributed by atoms with Crippen LogP contribution in [-0.2, 0) is 12.8 Å². The van der Waals surface area contributed by atoms with E-state index in [0.717, 1.165) is 91.5 Å². The maximum atomic E-state index is 6.79. The molecule has 0 N–H and O–H groups in total. The maximum absolute atomic E-state index is 6.79. The van der Waals surface area contributed by atoms with E-state index in [-0.39, 0.29) is 0 Å². The lowest BCUT2D eigenvalue weighted by atomic mass is 10.0. The summed E-state index contributed by atoms with van der Waals surface area (Å²) in [6, 6.07) is 64.4. The van der Waals surface area contributed by atoms with Gasteiger partial charge in [0.25, 0.3) is 0 Å². The van der Waals surface area contributed by atoms with Crippen LogP contribution in [0.3, 0.4) is 0 Å². The van der Waals surface area contributed by atoms with Crippen LogP contribution in [0.2, 0.25) is 0 Å². The molecule has 0 saturated carbocycles. The first-order valence-electron chi connectivity index (χ1n) is 20.3. The number of benzene rings is 8. The van der Waals surface area contributed by atoms with Gasteiger partial charge in [-0.05, 0) is 119 Å². The SMILES string of the molecule is CCc1ccc(-c2cccc(N(c3cccc(OC)c3)c3ccc4c(c3)oc3cc(N(c5cccc(OC)c5)c5cccc(-c6ccc(CC)cc6)c5)ccc34)c2)cc1. The normalized spacial score (nSPS) is 11.2. The molecule has 1 aromatic heterocycles. The van der Waals surface area contributed by atoms with Gasteiger partial charge in [-0.15, -0.1) is 0 Å². The number of hydrogen-bond donors (Lipinski definition) is 0. The first-order chi connectivity index (χ1) is 29.0. The molecule has 0 radical (unpaired) electrons. The van der Waals surface area contributed by atoms with Crippen LogP contribution in [0.4, 0.5) is 34.1 Å². The number of rotatable bonds is 12. The summed E-state index contributed by atoms with van der Waals surface area (Å²) < 4.78 is 18.2. The third-order valence-corrected chi connectivity index (χ3v) is 11.2. The molecule has 5 heteroatoms. The molecule has 1 heterocycles. The molecule has 5 nitrogen and oxygen atoms in total. The van der Waals surface area contributed by atoms with E-state index in [4.69, 9.17) is 13.9 Å². The van der Waals surface area contributed by atoms with Gasteiger partial charge in [0.15, 0.2) is 0 Å². The minimum atomic E-state index is 0.789. The summed E-state index contributed by atoms with van der Waals surface area (Å²) in [4.78, 5) is 4.52. The van der Waals surface area contributed by atoms with Crippen molar-refractivity contribution < 1.29 is 13.9 Å². The van der Waals surface area contributed by atoms with Crippen LogP contribution in [0, 0.1) is 0 Å². The smallest absolute Gasteiger partial charge is 0.137 e. The van der Waals surface area contributed by atoms with Crippen LogP contribution in [0.15, 0.2) is 186 Å². The van der Waals surface area contributed by atoms with Gasteiger partial charge in [0.1, 0.15) is 22.7 Å². The zero-order chi connectivity index (χ0) is 40.3. The van der Waals surface area contributed by atoms with Crippen LogP contribution in [0.1, 0.15) is 25.0 Å². The zero-order valence-electron chi connectivity index (χ0n) is 33.9.